The van der Waals surface area contributed by atoms with Crippen molar-refractivity contribution < 1.29 is 14.0 Å². The Kier molecular flexibility index (Phi) is 5.28. The van der Waals surface area contributed by atoms with Gasteiger partial charge in [-0.25, -0.2) is 4.39 Å². The molecular weight excluding hydrogens is 365 g/mol. The lowest BCUT2D eigenvalue weighted by Crippen LogP contribution is -2.31. The summed E-state index contributed by atoms with van der Waals surface area (Å²) in [4.78, 5) is 26.0. The van der Waals surface area contributed by atoms with Crippen molar-refractivity contribution in [1.29, 1.82) is 5.26 Å². The molecule has 1 heterocycles. The first-order chi connectivity index (χ1) is 12.9. The third-order valence-corrected chi connectivity index (χ3v) is 5.41. The Labute approximate surface area is 160 Å². The van der Waals surface area contributed by atoms with Gasteiger partial charge in [-0.2, -0.15) is 5.26 Å². The molecule has 0 bridgehead atoms. The molecule has 1 atom stereocenters. The normalized spacial score (nSPS) is 18.3. The largest absolute Gasteiger partial charge is 0.365 e. The number of carbonyl (C=O) groups is 2. The number of nitrogens with two attached hydrogens (primary N) is 1. The number of hydrogen-bond donors (Lipinski definition) is 1. The lowest BCUT2D eigenvalue weighted by atomic mass is 10.1. The van der Waals surface area contributed by atoms with E-state index >= 15 is 0 Å². The summed E-state index contributed by atoms with van der Waals surface area (Å²) in [7, 11) is 0. The van der Waals surface area contributed by atoms with Crippen LogP contribution in [0.5, 0.6) is 0 Å². The van der Waals surface area contributed by atoms with E-state index in [-0.39, 0.29) is 16.5 Å². The van der Waals surface area contributed by atoms with Gasteiger partial charge in [0, 0.05) is 5.69 Å². The minimum atomic E-state index is -0.907. The van der Waals surface area contributed by atoms with Crippen LogP contribution in [-0.2, 0) is 16.0 Å². The third kappa shape index (κ3) is 3.86. The van der Waals surface area contributed by atoms with Crippen molar-refractivity contribution >= 4 is 29.3 Å². The van der Waals surface area contributed by atoms with Gasteiger partial charge in [0.2, 0.25) is 5.91 Å². The Morgan fingerprint density at radius 1 is 1.22 bits per heavy atom. The van der Waals surface area contributed by atoms with Crippen molar-refractivity contribution in [1.82, 2.24) is 0 Å². The molecule has 1 fully saturated rings. The zero-order chi connectivity index (χ0) is 19.6. The van der Waals surface area contributed by atoms with E-state index in [1.165, 1.54) is 29.2 Å². The Morgan fingerprint density at radius 2 is 1.85 bits per heavy atom. The lowest BCUT2D eigenvalue weighted by molar-refractivity contribution is -0.117. The molecular formula is C20H16FN3O2S. The highest BCUT2D eigenvalue weighted by Crippen LogP contribution is 2.41. The second kappa shape index (κ2) is 7.64. The molecule has 5 nitrogen and oxygen atoms in total. The van der Waals surface area contributed by atoms with Crippen LogP contribution < -0.4 is 10.6 Å². The maximum absolute atomic E-state index is 13.3. The monoisotopic (exact) mass is 381 g/mol. The van der Waals surface area contributed by atoms with E-state index in [1.54, 1.807) is 6.07 Å². The molecule has 1 aliphatic heterocycles. The highest BCUT2D eigenvalue weighted by molar-refractivity contribution is 8.05. The summed E-state index contributed by atoms with van der Waals surface area (Å²) < 4.78 is 13.3. The summed E-state index contributed by atoms with van der Waals surface area (Å²) in [6.07, 6.45) is 0.433. The number of nitrogens with zero attached hydrogens (tertiary/aromatic N) is 2. The zero-order valence-electron chi connectivity index (χ0n) is 14.5. The van der Waals surface area contributed by atoms with Crippen LogP contribution in [-0.4, -0.2) is 17.1 Å². The lowest BCUT2D eigenvalue weighted by Gasteiger charge is -2.18. The Morgan fingerprint density at radius 3 is 2.41 bits per heavy atom. The van der Waals surface area contributed by atoms with Crippen LogP contribution in [0.3, 0.4) is 0 Å². The molecule has 0 spiro atoms. The van der Waals surface area contributed by atoms with E-state index in [2.05, 4.69) is 0 Å². The van der Waals surface area contributed by atoms with Crippen LogP contribution in [0.15, 0.2) is 59.1 Å². The quantitative estimate of drug-likeness (QED) is 0.651. The Bertz CT molecular complexity index is 962. The van der Waals surface area contributed by atoms with E-state index in [0.29, 0.717) is 12.1 Å². The van der Waals surface area contributed by atoms with Gasteiger partial charge in [0.25, 0.3) is 5.91 Å². The first-order valence-electron chi connectivity index (χ1n) is 8.16. The van der Waals surface area contributed by atoms with Crippen molar-refractivity contribution in [3.8, 4) is 6.07 Å². The van der Waals surface area contributed by atoms with Crippen molar-refractivity contribution in [2.75, 3.05) is 4.90 Å². The van der Waals surface area contributed by atoms with Gasteiger partial charge >= 0.3 is 0 Å². The predicted octanol–water partition coefficient (Wildman–Crippen LogP) is 3.05. The molecule has 1 saturated heterocycles. The molecule has 7 heteroatoms. The van der Waals surface area contributed by atoms with E-state index < -0.39 is 17.0 Å². The van der Waals surface area contributed by atoms with Crippen LogP contribution >= 0.6 is 11.8 Å². The van der Waals surface area contributed by atoms with Crippen molar-refractivity contribution in [3.05, 3.63) is 76.1 Å². The predicted molar refractivity (Wildman–Crippen MR) is 102 cm³/mol. The number of carbonyl (C=O) groups excluding carboxylic acids is 2. The van der Waals surface area contributed by atoms with Gasteiger partial charge in [-0.1, -0.05) is 41.6 Å². The molecule has 2 aromatic carbocycles. The van der Waals surface area contributed by atoms with E-state index in [4.69, 9.17) is 5.73 Å². The van der Waals surface area contributed by atoms with Gasteiger partial charge in [0.1, 0.15) is 22.5 Å². The number of halogens is 1. The molecule has 0 aromatic heterocycles. The molecule has 1 aliphatic rings. The third-order valence-electron chi connectivity index (χ3n) is 4.15. The van der Waals surface area contributed by atoms with E-state index in [1.807, 2.05) is 31.2 Å². The molecule has 2 N–H and O–H groups in total. The van der Waals surface area contributed by atoms with Crippen molar-refractivity contribution in [2.24, 2.45) is 5.73 Å². The molecule has 3 rings (SSSR count). The first-order valence-corrected chi connectivity index (χ1v) is 9.04. The van der Waals surface area contributed by atoms with Crippen molar-refractivity contribution in [2.45, 2.75) is 18.6 Å². The van der Waals surface area contributed by atoms with Gasteiger partial charge in [0.05, 0.1) is 5.25 Å². The smallest absolute Gasteiger partial charge is 0.262 e. The molecule has 2 aromatic rings. The maximum atomic E-state index is 13.3. The number of aryl methyl sites for hydroxylation is 1. The zero-order valence-corrected chi connectivity index (χ0v) is 15.3. The molecule has 0 aliphatic carbocycles. The highest BCUT2D eigenvalue weighted by atomic mass is 32.2. The second-order valence-electron chi connectivity index (χ2n) is 6.10. The number of nitriles is 1. The molecule has 0 saturated carbocycles. The number of amides is 2. The summed E-state index contributed by atoms with van der Waals surface area (Å²) in [5.41, 5.74) is 7.48. The molecule has 0 unspecified atom stereocenters. The van der Waals surface area contributed by atoms with Gasteiger partial charge in [-0.3, -0.25) is 14.5 Å². The molecule has 0 radical (unpaired) electrons. The van der Waals surface area contributed by atoms with Crippen molar-refractivity contribution in [3.63, 3.8) is 0 Å². The number of rotatable bonds is 4. The summed E-state index contributed by atoms with van der Waals surface area (Å²) in [5.74, 6) is -1.64. The first kappa shape index (κ1) is 18.7. The van der Waals surface area contributed by atoms with Crippen LogP contribution in [0.25, 0.3) is 0 Å². The average molecular weight is 381 g/mol. The fourth-order valence-electron chi connectivity index (χ4n) is 2.76. The fraction of sp³-hybridized carbons (Fsp3) is 0.150. The van der Waals surface area contributed by atoms with Gasteiger partial charge in [-0.15, -0.1) is 0 Å². The summed E-state index contributed by atoms with van der Waals surface area (Å²) in [6, 6.07) is 14.9. The number of primary amides is 1. The number of thioether (sulfide) groups is 1. The van der Waals surface area contributed by atoms with E-state index in [9.17, 15) is 19.2 Å². The maximum Gasteiger partial charge on any atom is 0.262 e. The Hall–Kier alpha value is -3.11. The number of benzene rings is 2. The standard InChI is InChI=1S/C20H16FN3O2S/c1-12-2-4-13(5-3-12)10-17-19(26)24(15-8-6-14(21)7-9-15)20(27-17)16(11-22)18(23)25/h2-9,17H,10H2,1H3,(H2,23,25)/b20-16+/t17-/m1/s1. The Balaban J connectivity index is 2.01. The SMILES string of the molecule is Cc1ccc(C[C@H]2S/C(=C(\C#N)C(N)=O)N(c3ccc(F)cc3)C2=O)cc1. The topological polar surface area (TPSA) is 87.2 Å². The minimum Gasteiger partial charge on any atom is -0.365 e. The second-order valence-corrected chi connectivity index (χ2v) is 7.29. The van der Waals surface area contributed by atoms with Crippen LogP contribution in [0.4, 0.5) is 10.1 Å². The minimum absolute atomic E-state index is 0.179. The van der Waals surface area contributed by atoms with E-state index in [0.717, 1.165) is 22.9 Å². The molecule has 136 valence electrons. The van der Waals surface area contributed by atoms with Gasteiger partial charge in [-0.05, 0) is 43.2 Å². The molecule has 27 heavy (non-hydrogen) atoms. The van der Waals surface area contributed by atoms with Crippen LogP contribution in [0.1, 0.15) is 11.1 Å². The summed E-state index contributed by atoms with van der Waals surface area (Å²) in [6.45, 7) is 1.97. The summed E-state index contributed by atoms with van der Waals surface area (Å²) >= 11 is 1.12. The fourth-order valence-corrected chi connectivity index (χ4v) is 4.08. The van der Waals surface area contributed by atoms with Crippen LogP contribution in [0.2, 0.25) is 0 Å². The number of hydrogen-bond acceptors (Lipinski definition) is 4. The average Bonchev–Trinajstić information content (AvgIpc) is 2.94. The van der Waals surface area contributed by atoms with Gasteiger partial charge in [0.15, 0.2) is 0 Å². The summed E-state index contributed by atoms with van der Waals surface area (Å²) in [5, 5.41) is 9.00. The van der Waals surface area contributed by atoms with Gasteiger partial charge < -0.3 is 5.73 Å². The van der Waals surface area contributed by atoms with Crippen LogP contribution in [0, 0.1) is 24.1 Å². The number of anilines is 1. The molecule has 2 amide bonds. The highest BCUT2D eigenvalue weighted by Gasteiger charge is 2.40.